The van der Waals surface area contributed by atoms with Gasteiger partial charge in [0.2, 0.25) is 0 Å². The van der Waals surface area contributed by atoms with Crippen molar-refractivity contribution >= 4 is 27.0 Å². The van der Waals surface area contributed by atoms with Crippen molar-refractivity contribution in [2.45, 2.75) is 31.5 Å². The van der Waals surface area contributed by atoms with Crippen molar-refractivity contribution in [1.29, 1.82) is 0 Å². The minimum atomic E-state index is -1.03. The molecule has 0 unspecified atom stereocenters. The molecule has 1 fully saturated rings. The molecule has 176 valence electrons. The maximum Gasteiger partial charge on any atom is 0.264 e. The van der Waals surface area contributed by atoms with E-state index in [1.807, 2.05) is 0 Å². The second kappa shape index (κ2) is 9.01. The number of nitrogens with zero attached hydrogens (tertiary/aromatic N) is 5. The number of hydrogen-bond acceptors (Lipinski definition) is 5. The van der Waals surface area contributed by atoms with Crippen molar-refractivity contribution in [3.8, 4) is 5.69 Å². The molecule has 3 heterocycles. The van der Waals surface area contributed by atoms with Gasteiger partial charge in [0.15, 0.2) is 5.65 Å². The quantitative estimate of drug-likeness (QED) is 0.427. The summed E-state index contributed by atoms with van der Waals surface area (Å²) >= 11 is 3.16. The molecule has 1 saturated heterocycles. The minimum Gasteiger partial charge on any atom is -0.388 e. The van der Waals surface area contributed by atoms with Gasteiger partial charge in [-0.25, -0.2) is 18.4 Å². The van der Waals surface area contributed by atoms with Crippen LogP contribution in [0.15, 0.2) is 64.3 Å². The smallest absolute Gasteiger partial charge is 0.264 e. The highest BCUT2D eigenvalue weighted by molar-refractivity contribution is 9.10. The summed E-state index contributed by atoms with van der Waals surface area (Å²) < 4.78 is 29.9. The van der Waals surface area contributed by atoms with Crippen LogP contribution in [0.3, 0.4) is 0 Å². The molecule has 2 aromatic heterocycles. The summed E-state index contributed by atoms with van der Waals surface area (Å²) in [6.07, 6.45) is 3.86. The lowest BCUT2D eigenvalue weighted by Crippen LogP contribution is -2.47. The van der Waals surface area contributed by atoms with Crippen molar-refractivity contribution in [3.05, 3.63) is 87.0 Å². The van der Waals surface area contributed by atoms with E-state index in [9.17, 15) is 18.7 Å². The fraction of sp³-hybridized carbons (Fsp3) is 0.292. The number of halogens is 3. The Bertz CT molecular complexity index is 1400. The molecule has 5 rings (SSSR count). The zero-order chi connectivity index (χ0) is 23.9. The average molecular weight is 530 g/mol. The molecule has 0 radical (unpaired) electrons. The SMILES string of the molecule is O=c1c2cnn(-c3ccc(F)c(Br)c3)c2ncn1CC1(O)CCN(Cc2ccc(F)cc2)CC1. The second-order valence-corrected chi connectivity index (χ2v) is 9.55. The number of piperidine rings is 1. The van der Waals surface area contributed by atoms with Crippen LogP contribution < -0.4 is 5.56 Å². The second-order valence-electron chi connectivity index (χ2n) is 8.70. The molecule has 0 spiro atoms. The highest BCUT2D eigenvalue weighted by atomic mass is 79.9. The number of rotatable bonds is 5. The van der Waals surface area contributed by atoms with Gasteiger partial charge in [0, 0.05) is 19.6 Å². The molecule has 34 heavy (non-hydrogen) atoms. The molecule has 0 amide bonds. The van der Waals surface area contributed by atoms with Crippen molar-refractivity contribution in [3.63, 3.8) is 0 Å². The molecule has 0 bridgehead atoms. The first-order chi connectivity index (χ1) is 16.3. The summed E-state index contributed by atoms with van der Waals surface area (Å²) in [4.78, 5) is 19.7. The van der Waals surface area contributed by atoms with Gasteiger partial charge >= 0.3 is 0 Å². The lowest BCUT2D eigenvalue weighted by molar-refractivity contribution is -0.0364. The van der Waals surface area contributed by atoms with Crippen LogP contribution in [-0.4, -0.2) is 48.0 Å². The van der Waals surface area contributed by atoms with Gasteiger partial charge in [-0.05, 0) is 64.7 Å². The summed E-state index contributed by atoms with van der Waals surface area (Å²) in [6, 6.07) is 10.9. The van der Waals surface area contributed by atoms with Crippen LogP contribution >= 0.6 is 15.9 Å². The fourth-order valence-corrected chi connectivity index (χ4v) is 4.68. The summed E-state index contributed by atoms with van der Waals surface area (Å²) in [7, 11) is 0. The number of fused-ring (bicyclic) bond motifs is 1. The highest BCUT2D eigenvalue weighted by Crippen LogP contribution is 2.26. The third-order valence-electron chi connectivity index (χ3n) is 6.27. The van der Waals surface area contributed by atoms with E-state index < -0.39 is 11.4 Å². The van der Waals surface area contributed by atoms with Gasteiger partial charge in [-0.15, -0.1) is 0 Å². The fourth-order valence-electron chi connectivity index (χ4n) is 4.32. The third kappa shape index (κ3) is 4.53. The van der Waals surface area contributed by atoms with Crippen molar-refractivity contribution in [2.75, 3.05) is 13.1 Å². The molecule has 2 aromatic carbocycles. The van der Waals surface area contributed by atoms with E-state index in [0.29, 0.717) is 49.2 Å². The van der Waals surface area contributed by atoms with Crippen LogP contribution in [0.1, 0.15) is 18.4 Å². The molecule has 0 atom stereocenters. The number of benzene rings is 2. The first-order valence-electron chi connectivity index (χ1n) is 10.9. The van der Waals surface area contributed by atoms with E-state index in [2.05, 4.69) is 30.9 Å². The maximum absolute atomic E-state index is 13.6. The number of likely N-dealkylation sites (tertiary alicyclic amines) is 1. The molecule has 0 aliphatic carbocycles. The lowest BCUT2D eigenvalue weighted by Gasteiger charge is -2.38. The van der Waals surface area contributed by atoms with Crippen LogP contribution in [0.4, 0.5) is 8.78 Å². The summed E-state index contributed by atoms with van der Waals surface area (Å²) in [5.74, 6) is -0.656. The maximum atomic E-state index is 13.6. The number of aliphatic hydroxyl groups is 1. The van der Waals surface area contributed by atoms with E-state index in [0.717, 1.165) is 5.56 Å². The largest absolute Gasteiger partial charge is 0.388 e. The first-order valence-corrected chi connectivity index (χ1v) is 11.7. The Hall–Kier alpha value is -2.95. The topological polar surface area (TPSA) is 76.2 Å². The van der Waals surface area contributed by atoms with Gasteiger partial charge in [0.25, 0.3) is 5.56 Å². The Balaban J connectivity index is 1.31. The van der Waals surface area contributed by atoms with Gasteiger partial charge in [-0.3, -0.25) is 14.3 Å². The molecule has 4 aromatic rings. The van der Waals surface area contributed by atoms with Crippen LogP contribution in [-0.2, 0) is 13.1 Å². The van der Waals surface area contributed by atoms with Crippen LogP contribution in [0.5, 0.6) is 0 Å². The molecule has 1 aliphatic heterocycles. The van der Waals surface area contributed by atoms with E-state index in [1.165, 1.54) is 40.0 Å². The predicted molar refractivity (Wildman–Crippen MR) is 127 cm³/mol. The summed E-state index contributed by atoms with van der Waals surface area (Å²) in [6.45, 7) is 2.14. The van der Waals surface area contributed by atoms with Gasteiger partial charge < -0.3 is 5.11 Å². The van der Waals surface area contributed by atoms with Crippen LogP contribution in [0, 0.1) is 11.6 Å². The van der Waals surface area contributed by atoms with E-state index in [1.54, 1.807) is 24.3 Å². The van der Waals surface area contributed by atoms with Crippen molar-refractivity contribution < 1.29 is 13.9 Å². The Morgan fingerprint density at radius 1 is 1.09 bits per heavy atom. The monoisotopic (exact) mass is 529 g/mol. The Morgan fingerprint density at radius 3 is 2.53 bits per heavy atom. The van der Waals surface area contributed by atoms with Gasteiger partial charge in [0.05, 0.1) is 28.5 Å². The van der Waals surface area contributed by atoms with Crippen molar-refractivity contribution in [2.24, 2.45) is 0 Å². The molecule has 1 aliphatic rings. The van der Waals surface area contributed by atoms with Crippen LogP contribution in [0.25, 0.3) is 16.7 Å². The summed E-state index contributed by atoms with van der Waals surface area (Å²) in [5, 5.41) is 15.7. The molecular formula is C24H22BrF2N5O2. The van der Waals surface area contributed by atoms with Gasteiger partial charge in [-0.1, -0.05) is 12.1 Å². The van der Waals surface area contributed by atoms with E-state index >= 15 is 0 Å². The zero-order valence-corrected chi connectivity index (χ0v) is 19.8. The van der Waals surface area contributed by atoms with Crippen molar-refractivity contribution in [1.82, 2.24) is 24.2 Å². The minimum absolute atomic E-state index is 0.131. The molecule has 1 N–H and O–H groups in total. The van der Waals surface area contributed by atoms with Gasteiger partial charge in [-0.2, -0.15) is 5.10 Å². The Morgan fingerprint density at radius 2 is 1.82 bits per heavy atom. The standard InChI is InChI=1S/C24H22BrF2N5O2/c25-20-11-18(5-6-21(20)27)32-22-19(12-29-32)23(33)31(15-28-22)14-24(34)7-9-30(10-8-24)13-16-1-3-17(26)4-2-16/h1-6,11-12,15,34H,7-10,13-14H2. The Labute approximate surface area is 202 Å². The average Bonchev–Trinajstić information content (AvgIpc) is 3.26. The summed E-state index contributed by atoms with van der Waals surface area (Å²) in [5.41, 5.74) is 0.625. The Kier molecular flexibility index (Phi) is 6.05. The molecule has 10 heteroatoms. The molecular weight excluding hydrogens is 508 g/mol. The number of hydrogen-bond donors (Lipinski definition) is 1. The van der Waals surface area contributed by atoms with Gasteiger partial charge in [0.1, 0.15) is 23.3 Å². The lowest BCUT2D eigenvalue weighted by atomic mass is 9.91. The van der Waals surface area contributed by atoms with Crippen LogP contribution in [0.2, 0.25) is 0 Å². The predicted octanol–water partition coefficient (Wildman–Crippen LogP) is 3.65. The third-order valence-corrected chi connectivity index (χ3v) is 6.88. The first kappa shape index (κ1) is 22.8. The molecule has 7 nitrogen and oxygen atoms in total. The zero-order valence-electron chi connectivity index (χ0n) is 18.2. The number of aromatic nitrogens is 4. The van der Waals surface area contributed by atoms with E-state index in [4.69, 9.17) is 0 Å². The molecule has 0 saturated carbocycles. The normalized spacial score (nSPS) is 16.2. The van der Waals surface area contributed by atoms with E-state index in [-0.39, 0.29) is 22.4 Å². The highest BCUT2D eigenvalue weighted by Gasteiger charge is 2.33.